The van der Waals surface area contributed by atoms with Crippen molar-refractivity contribution in [3.63, 3.8) is 0 Å². The number of amides is 1. The summed E-state index contributed by atoms with van der Waals surface area (Å²) in [6, 6.07) is 0. The van der Waals surface area contributed by atoms with E-state index in [4.69, 9.17) is 0 Å². The second-order valence-corrected chi connectivity index (χ2v) is 10.5. The van der Waals surface area contributed by atoms with E-state index in [2.05, 4.69) is 11.5 Å². The van der Waals surface area contributed by atoms with E-state index in [1.165, 1.54) is 7.05 Å². The topological polar surface area (TPSA) is 20.3 Å². The van der Waals surface area contributed by atoms with Gasteiger partial charge in [-0.2, -0.15) is 13.2 Å². The van der Waals surface area contributed by atoms with Crippen LogP contribution < -0.4 is 0 Å². The van der Waals surface area contributed by atoms with Crippen molar-refractivity contribution in [3.05, 3.63) is 0 Å². The molecular formula is C12H18F3NOSi. The van der Waals surface area contributed by atoms with E-state index >= 15 is 0 Å². The van der Waals surface area contributed by atoms with E-state index in [9.17, 15) is 18.0 Å². The van der Waals surface area contributed by atoms with Crippen LogP contribution in [-0.4, -0.2) is 38.6 Å². The Balaban J connectivity index is 3.02. The minimum absolute atomic E-state index is 0.146. The first-order chi connectivity index (χ1) is 8.00. The summed E-state index contributed by atoms with van der Waals surface area (Å²) in [4.78, 5) is 12.9. The maximum Gasteiger partial charge on any atom is 0.404 e. The zero-order chi connectivity index (χ0) is 14.2. The van der Waals surface area contributed by atoms with Gasteiger partial charge in [0.2, 0.25) is 5.91 Å². The van der Waals surface area contributed by atoms with Crippen molar-refractivity contribution >= 4 is 14.0 Å². The number of likely N-dealkylation sites (tertiary alicyclic amines) is 1. The molecule has 1 amide bonds. The first-order valence-electron chi connectivity index (χ1n) is 5.82. The van der Waals surface area contributed by atoms with Gasteiger partial charge >= 0.3 is 6.18 Å². The fraction of sp³-hybridized carbons (Fsp3) is 0.750. The molecule has 6 heteroatoms. The second-order valence-electron chi connectivity index (χ2n) is 5.79. The number of alkyl halides is 3. The molecular weight excluding hydrogens is 259 g/mol. The van der Waals surface area contributed by atoms with E-state index in [0.717, 1.165) is 4.90 Å². The zero-order valence-corrected chi connectivity index (χ0v) is 12.1. The average molecular weight is 277 g/mol. The maximum atomic E-state index is 13.2. The lowest BCUT2D eigenvalue weighted by molar-refractivity contribution is -0.217. The highest BCUT2D eigenvalue weighted by atomic mass is 28.3. The van der Waals surface area contributed by atoms with Crippen LogP contribution in [0.4, 0.5) is 13.2 Å². The van der Waals surface area contributed by atoms with Crippen LogP contribution in [0.2, 0.25) is 19.6 Å². The molecule has 0 aromatic carbocycles. The lowest BCUT2D eigenvalue weighted by atomic mass is 9.82. The molecule has 1 saturated heterocycles. The van der Waals surface area contributed by atoms with Gasteiger partial charge in [0.05, 0.1) is 0 Å². The van der Waals surface area contributed by atoms with E-state index < -0.39 is 32.0 Å². The first-order valence-corrected chi connectivity index (χ1v) is 9.32. The molecule has 0 saturated carbocycles. The molecule has 1 atom stereocenters. The van der Waals surface area contributed by atoms with Crippen molar-refractivity contribution in [1.82, 2.24) is 4.90 Å². The number of nitrogens with zero attached hydrogens (tertiary/aromatic N) is 1. The smallest absolute Gasteiger partial charge is 0.345 e. The van der Waals surface area contributed by atoms with Crippen LogP contribution in [0, 0.1) is 16.9 Å². The van der Waals surface area contributed by atoms with Crippen molar-refractivity contribution in [2.24, 2.45) is 5.41 Å². The number of carbonyl (C=O) groups excluding carboxylic acids is 1. The number of hydrogen-bond acceptors (Lipinski definition) is 1. The maximum absolute atomic E-state index is 13.2. The molecule has 0 radical (unpaired) electrons. The standard InChI is InChI=1S/C12H18F3NOSi/c1-16-8-7-11(10(16)17,12(13,14)15)6-5-9-18(2,3)4/h6-8H2,1-4H3. The Bertz CT molecular complexity index is 402. The Hall–Kier alpha value is -0.963. The predicted octanol–water partition coefficient (Wildman–Crippen LogP) is 2.67. The van der Waals surface area contributed by atoms with Crippen molar-refractivity contribution in [3.8, 4) is 11.5 Å². The molecule has 2 nitrogen and oxygen atoms in total. The van der Waals surface area contributed by atoms with Crippen molar-refractivity contribution in [2.45, 2.75) is 38.7 Å². The number of rotatable bonds is 1. The molecule has 1 aliphatic heterocycles. The molecule has 1 heterocycles. The summed E-state index contributed by atoms with van der Waals surface area (Å²) in [6.07, 6.45) is -5.13. The summed E-state index contributed by atoms with van der Waals surface area (Å²) in [5.41, 5.74) is 0.616. The minimum Gasteiger partial charge on any atom is -0.345 e. The molecule has 1 aliphatic rings. The van der Waals surface area contributed by atoms with Gasteiger partial charge in [0.25, 0.3) is 0 Å². The fourth-order valence-corrected chi connectivity index (χ4v) is 2.54. The molecule has 0 bridgehead atoms. The summed E-state index contributed by atoms with van der Waals surface area (Å²) in [5.74, 6) is 1.76. The van der Waals surface area contributed by atoms with E-state index in [0.29, 0.717) is 0 Å². The quantitative estimate of drug-likeness (QED) is 0.533. The molecule has 1 unspecified atom stereocenters. The van der Waals surface area contributed by atoms with Gasteiger partial charge in [0.15, 0.2) is 5.41 Å². The molecule has 0 aromatic rings. The van der Waals surface area contributed by atoms with Crippen molar-refractivity contribution in [2.75, 3.05) is 13.6 Å². The SMILES string of the molecule is CN1CCC(CC#C[Si](C)(C)C)(C(F)(F)F)C1=O. The van der Waals surface area contributed by atoms with E-state index in [1.807, 2.05) is 19.6 Å². The van der Waals surface area contributed by atoms with E-state index in [1.54, 1.807) is 0 Å². The van der Waals surface area contributed by atoms with Crippen LogP contribution in [0.5, 0.6) is 0 Å². The Morgan fingerprint density at radius 3 is 2.28 bits per heavy atom. The summed E-state index contributed by atoms with van der Waals surface area (Å²) in [7, 11) is -0.309. The minimum atomic E-state index is -4.52. The lowest BCUT2D eigenvalue weighted by Gasteiger charge is -2.27. The third-order valence-corrected chi connectivity index (χ3v) is 3.95. The van der Waals surface area contributed by atoms with Crippen LogP contribution >= 0.6 is 0 Å². The van der Waals surface area contributed by atoms with Crippen LogP contribution in [0.25, 0.3) is 0 Å². The highest BCUT2D eigenvalue weighted by molar-refractivity contribution is 6.83. The van der Waals surface area contributed by atoms with Crippen LogP contribution in [-0.2, 0) is 4.79 Å². The lowest BCUT2D eigenvalue weighted by Crippen LogP contribution is -2.44. The third kappa shape index (κ3) is 2.89. The van der Waals surface area contributed by atoms with Gasteiger partial charge in [0, 0.05) is 20.0 Å². The van der Waals surface area contributed by atoms with Gasteiger partial charge in [-0.15, -0.1) is 11.5 Å². The number of halogens is 3. The molecule has 18 heavy (non-hydrogen) atoms. The predicted molar refractivity (Wildman–Crippen MR) is 66.5 cm³/mol. The average Bonchev–Trinajstić information content (AvgIpc) is 2.44. The fourth-order valence-electron chi connectivity index (χ4n) is 1.92. The molecule has 1 fully saturated rings. The monoisotopic (exact) mass is 277 g/mol. The van der Waals surface area contributed by atoms with Gasteiger partial charge in [-0.1, -0.05) is 19.6 Å². The number of carbonyl (C=O) groups is 1. The highest BCUT2D eigenvalue weighted by Crippen LogP contribution is 2.48. The Kier molecular flexibility index (Phi) is 3.87. The largest absolute Gasteiger partial charge is 0.404 e. The Morgan fingerprint density at radius 1 is 1.39 bits per heavy atom. The first kappa shape index (κ1) is 15.1. The van der Waals surface area contributed by atoms with Crippen LogP contribution in [0.15, 0.2) is 0 Å². The summed E-state index contributed by atoms with van der Waals surface area (Å²) < 4.78 is 39.5. The highest BCUT2D eigenvalue weighted by Gasteiger charge is 2.63. The van der Waals surface area contributed by atoms with Gasteiger partial charge in [-0.3, -0.25) is 4.79 Å². The van der Waals surface area contributed by atoms with Gasteiger partial charge in [0.1, 0.15) is 8.07 Å². The summed E-state index contributed by atoms with van der Waals surface area (Å²) >= 11 is 0. The van der Waals surface area contributed by atoms with Gasteiger partial charge in [-0.05, 0) is 6.42 Å². The molecule has 102 valence electrons. The molecule has 0 aliphatic carbocycles. The van der Waals surface area contributed by atoms with Gasteiger partial charge in [-0.25, -0.2) is 0 Å². The summed E-state index contributed by atoms with van der Waals surface area (Å²) in [5, 5.41) is 0. The molecule has 0 N–H and O–H groups in total. The summed E-state index contributed by atoms with van der Waals surface area (Å²) in [6.45, 7) is 6.03. The van der Waals surface area contributed by atoms with Crippen molar-refractivity contribution < 1.29 is 18.0 Å². The molecule has 1 rings (SSSR count). The normalized spacial score (nSPS) is 25.1. The second kappa shape index (κ2) is 4.61. The van der Waals surface area contributed by atoms with Gasteiger partial charge < -0.3 is 4.90 Å². The zero-order valence-electron chi connectivity index (χ0n) is 11.1. The molecule has 0 aromatic heterocycles. The van der Waals surface area contributed by atoms with Crippen molar-refractivity contribution in [1.29, 1.82) is 0 Å². The van der Waals surface area contributed by atoms with Crippen LogP contribution in [0.1, 0.15) is 12.8 Å². The Labute approximate surface area is 107 Å². The molecule has 0 spiro atoms. The number of hydrogen-bond donors (Lipinski definition) is 0. The van der Waals surface area contributed by atoms with Crippen LogP contribution in [0.3, 0.4) is 0 Å². The van der Waals surface area contributed by atoms with E-state index in [-0.39, 0.29) is 13.0 Å². The Morgan fingerprint density at radius 2 is 1.94 bits per heavy atom. The third-order valence-electron chi connectivity index (χ3n) is 3.03.